The van der Waals surface area contributed by atoms with Crippen LogP contribution in [0, 0.1) is 6.92 Å². The number of hydrogen-bond acceptors (Lipinski definition) is 6. The van der Waals surface area contributed by atoms with E-state index < -0.39 is 15.9 Å². The number of methoxy groups -OCH3 is 2. The van der Waals surface area contributed by atoms with Crippen LogP contribution in [0.25, 0.3) is 0 Å². The molecule has 1 atom stereocenters. The first-order valence-electron chi connectivity index (χ1n) is 9.85. The fourth-order valence-corrected chi connectivity index (χ4v) is 4.27. The standard InChI is InChI=1S/C22H30N2O6S/c1-7-30-19-11-9-18(12-15(19)2)31(26,27)24(4)14-22(25)23-16(3)17-8-10-20(28-5)21(13-17)29-6/h8-13,16H,7,14H2,1-6H3,(H,23,25)/t16-/m1/s1. The average Bonchev–Trinajstić information content (AvgIpc) is 2.74. The lowest BCUT2D eigenvalue weighted by atomic mass is 10.1. The number of benzene rings is 2. The van der Waals surface area contributed by atoms with Crippen molar-refractivity contribution in [3.63, 3.8) is 0 Å². The number of amides is 1. The largest absolute Gasteiger partial charge is 0.494 e. The molecule has 0 heterocycles. The van der Waals surface area contributed by atoms with Crippen LogP contribution < -0.4 is 19.5 Å². The van der Waals surface area contributed by atoms with Crippen LogP contribution in [0.5, 0.6) is 17.2 Å². The maximum Gasteiger partial charge on any atom is 0.243 e. The number of rotatable bonds is 10. The Kier molecular flexibility index (Phi) is 8.29. The Morgan fingerprint density at radius 2 is 1.71 bits per heavy atom. The highest BCUT2D eigenvalue weighted by Gasteiger charge is 2.24. The van der Waals surface area contributed by atoms with Crippen molar-refractivity contribution < 1.29 is 27.4 Å². The van der Waals surface area contributed by atoms with Gasteiger partial charge < -0.3 is 19.5 Å². The molecule has 2 rings (SSSR count). The normalized spacial score (nSPS) is 12.4. The summed E-state index contributed by atoms with van der Waals surface area (Å²) in [5, 5.41) is 2.82. The summed E-state index contributed by atoms with van der Waals surface area (Å²) in [6.07, 6.45) is 0. The Bertz CT molecular complexity index is 1020. The van der Waals surface area contributed by atoms with Crippen LogP contribution in [0.15, 0.2) is 41.3 Å². The summed E-state index contributed by atoms with van der Waals surface area (Å²) in [5.41, 5.74) is 1.52. The lowest BCUT2D eigenvalue weighted by Gasteiger charge is -2.20. The smallest absolute Gasteiger partial charge is 0.243 e. The zero-order chi connectivity index (χ0) is 23.2. The van der Waals surface area contributed by atoms with Crippen LogP contribution in [0.4, 0.5) is 0 Å². The molecule has 0 radical (unpaired) electrons. The van der Waals surface area contributed by atoms with Crippen LogP contribution in [-0.2, 0) is 14.8 Å². The van der Waals surface area contributed by atoms with Gasteiger partial charge in [0.1, 0.15) is 5.75 Å². The van der Waals surface area contributed by atoms with Crippen molar-refractivity contribution in [2.45, 2.75) is 31.7 Å². The monoisotopic (exact) mass is 450 g/mol. The maximum absolute atomic E-state index is 12.9. The lowest BCUT2D eigenvalue weighted by Crippen LogP contribution is -2.39. The lowest BCUT2D eigenvalue weighted by molar-refractivity contribution is -0.121. The summed E-state index contributed by atoms with van der Waals surface area (Å²) in [4.78, 5) is 12.6. The average molecular weight is 451 g/mol. The predicted octanol–water partition coefficient (Wildman–Crippen LogP) is 2.91. The van der Waals surface area contributed by atoms with Crippen molar-refractivity contribution in [1.82, 2.24) is 9.62 Å². The van der Waals surface area contributed by atoms with E-state index in [1.807, 2.05) is 19.9 Å². The van der Waals surface area contributed by atoms with Crippen molar-refractivity contribution in [2.75, 3.05) is 34.4 Å². The first kappa shape index (κ1) is 24.5. The molecule has 9 heteroatoms. The van der Waals surface area contributed by atoms with E-state index in [0.29, 0.717) is 29.4 Å². The molecule has 2 aromatic rings. The van der Waals surface area contributed by atoms with Crippen molar-refractivity contribution >= 4 is 15.9 Å². The summed E-state index contributed by atoms with van der Waals surface area (Å²) in [7, 11) is 0.630. The van der Waals surface area contributed by atoms with E-state index in [2.05, 4.69) is 5.32 Å². The van der Waals surface area contributed by atoms with Gasteiger partial charge in [-0.3, -0.25) is 4.79 Å². The van der Waals surface area contributed by atoms with Gasteiger partial charge >= 0.3 is 0 Å². The Balaban J connectivity index is 2.08. The molecule has 0 spiro atoms. The fraction of sp³-hybridized carbons (Fsp3) is 0.409. The highest BCUT2D eigenvalue weighted by Crippen LogP contribution is 2.30. The maximum atomic E-state index is 12.9. The number of aryl methyl sites for hydroxylation is 1. The molecule has 0 fully saturated rings. The van der Waals surface area contributed by atoms with Crippen molar-refractivity contribution in [3.05, 3.63) is 47.5 Å². The van der Waals surface area contributed by atoms with Gasteiger partial charge in [-0.1, -0.05) is 6.07 Å². The molecule has 1 N–H and O–H groups in total. The summed E-state index contributed by atoms with van der Waals surface area (Å²) in [6, 6.07) is 9.63. The van der Waals surface area contributed by atoms with Crippen molar-refractivity contribution in [3.8, 4) is 17.2 Å². The molecule has 0 saturated carbocycles. The molecule has 8 nitrogen and oxygen atoms in total. The number of carbonyl (C=O) groups excluding carboxylic acids is 1. The third-order valence-electron chi connectivity index (χ3n) is 4.81. The molecule has 0 aliphatic rings. The number of carbonyl (C=O) groups is 1. The number of sulfonamides is 1. The van der Waals surface area contributed by atoms with Crippen LogP contribution in [0.3, 0.4) is 0 Å². The second-order valence-corrected chi connectivity index (χ2v) is 9.07. The Morgan fingerprint density at radius 3 is 2.29 bits per heavy atom. The highest BCUT2D eigenvalue weighted by atomic mass is 32.2. The number of nitrogens with one attached hydrogen (secondary N) is 1. The molecule has 31 heavy (non-hydrogen) atoms. The van der Waals surface area contributed by atoms with E-state index in [9.17, 15) is 13.2 Å². The van der Waals surface area contributed by atoms with Gasteiger partial charge in [0, 0.05) is 7.05 Å². The molecule has 0 aliphatic carbocycles. The fourth-order valence-electron chi connectivity index (χ4n) is 3.06. The molecular weight excluding hydrogens is 420 g/mol. The van der Waals surface area contributed by atoms with Crippen LogP contribution in [0.2, 0.25) is 0 Å². The van der Waals surface area contributed by atoms with Crippen molar-refractivity contribution in [2.24, 2.45) is 0 Å². The minimum absolute atomic E-state index is 0.108. The van der Waals surface area contributed by atoms with Gasteiger partial charge in [0.05, 0.1) is 38.3 Å². The highest BCUT2D eigenvalue weighted by molar-refractivity contribution is 7.89. The van der Waals surface area contributed by atoms with Gasteiger partial charge in [-0.05, 0) is 62.2 Å². The first-order chi connectivity index (χ1) is 14.6. The van der Waals surface area contributed by atoms with Crippen LogP contribution in [-0.4, -0.2) is 53.0 Å². The Labute approximate surface area is 184 Å². The molecule has 170 valence electrons. The second kappa shape index (κ2) is 10.5. The molecular formula is C22H30N2O6S. The third-order valence-corrected chi connectivity index (χ3v) is 6.61. The van der Waals surface area contributed by atoms with E-state index in [4.69, 9.17) is 14.2 Å². The van der Waals surface area contributed by atoms with E-state index in [-0.39, 0.29) is 17.5 Å². The summed E-state index contributed by atoms with van der Waals surface area (Å²) < 4.78 is 42.7. The topological polar surface area (TPSA) is 94.2 Å². The molecule has 2 aromatic carbocycles. The first-order valence-corrected chi connectivity index (χ1v) is 11.3. The van der Waals surface area contributed by atoms with E-state index in [0.717, 1.165) is 9.87 Å². The summed E-state index contributed by atoms with van der Waals surface area (Å²) >= 11 is 0. The van der Waals surface area contributed by atoms with Crippen LogP contribution >= 0.6 is 0 Å². The number of nitrogens with zero attached hydrogens (tertiary/aromatic N) is 1. The number of likely N-dealkylation sites (N-methyl/N-ethyl adjacent to an activating group) is 1. The SMILES string of the molecule is CCOc1ccc(S(=O)(=O)N(C)CC(=O)N[C@H](C)c2ccc(OC)c(OC)c2)cc1C. The Morgan fingerprint density at radius 1 is 1.06 bits per heavy atom. The minimum Gasteiger partial charge on any atom is -0.494 e. The molecule has 0 saturated heterocycles. The predicted molar refractivity (Wildman–Crippen MR) is 118 cm³/mol. The third kappa shape index (κ3) is 5.89. The molecule has 0 aliphatic heterocycles. The quantitative estimate of drug-likeness (QED) is 0.598. The number of ether oxygens (including phenoxy) is 3. The molecule has 1 amide bonds. The van der Waals surface area contributed by atoms with Gasteiger partial charge in [0.15, 0.2) is 11.5 Å². The summed E-state index contributed by atoms with van der Waals surface area (Å²) in [5.74, 6) is 1.34. The van der Waals surface area contributed by atoms with Gasteiger partial charge in [0.2, 0.25) is 15.9 Å². The van der Waals surface area contributed by atoms with Gasteiger partial charge in [-0.25, -0.2) is 8.42 Å². The van der Waals surface area contributed by atoms with Gasteiger partial charge in [0.25, 0.3) is 0 Å². The molecule has 0 aromatic heterocycles. The van der Waals surface area contributed by atoms with E-state index >= 15 is 0 Å². The molecule has 0 unspecified atom stereocenters. The minimum atomic E-state index is -3.83. The zero-order valence-corrected chi connectivity index (χ0v) is 19.6. The zero-order valence-electron chi connectivity index (χ0n) is 18.8. The van der Waals surface area contributed by atoms with Crippen molar-refractivity contribution in [1.29, 1.82) is 0 Å². The number of hydrogen-bond donors (Lipinski definition) is 1. The van der Waals surface area contributed by atoms with E-state index in [1.165, 1.54) is 20.2 Å². The summed E-state index contributed by atoms with van der Waals surface area (Å²) in [6.45, 7) is 5.63. The molecule has 0 bridgehead atoms. The van der Waals surface area contributed by atoms with E-state index in [1.54, 1.807) is 38.3 Å². The second-order valence-electron chi connectivity index (χ2n) is 7.03. The van der Waals surface area contributed by atoms with Crippen LogP contribution in [0.1, 0.15) is 31.0 Å². The Hall–Kier alpha value is -2.78. The van der Waals surface area contributed by atoms with Gasteiger partial charge in [-0.15, -0.1) is 0 Å². The van der Waals surface area contributed by atoms with Gasteiger partial charge in [-0.2, -0.15) is 4.31 Å².